The van der Waals surface area contributed by atoms with Crippen LogP contribution in [0.2, 0.25) is 0 Å². The molecule has 2 aliphatic rings. The number of hydrogen-bond acceptors (Lipinski definition) is 5. The quantitative estimate of drug-likeness (QED) is 0.625. The van der Waals surface area contributed by atoms with Crippen molar-refractivity contribution in [3.8, 4) is 0 Å². The molecule has 2 heterocycles. The highest BCUT2D eigenvalue weighted by atomic mass is 16.2. The van der Waals surface area contributed by atoms with E-state index in [1.54, 1.807) is 6.20 Å². The SMILES string of the molecule is CC1(C)CCN(C(=O)[C@H](Cc2c[nH]cn2)NC(=O)[C@@H]2CCC(=O)C2)C1C(N)=O. The number of amides is 3. The molecule has 1 aromatic heterocycles. The van der Waals surface area contributed by atoms with Crippen LogP contribution in [0.4, 0.5) is 0 Å². The first-order chi connectivity index (χ1) is 13.2. The maximum absolute atomic E-state index is 13.3. The fourth-order valence-corrected chi connectivity index (χ4v) is 4.21. The van der Waals surface area contributed by atoms with E-state index in [1.165, 1.54) is 11.2 Å². The number of carbonyl (C=O) groups excluding carboxylic acids is 4. The van der Waals surface area contributed by atoms with Gasteiger partial charge in [-0.15, -0.1) is 0 Å². The van der Waals surface area contributed by atoms with Crippen molar-refractivity contribution in [3.05, 3.63) is 18.2 Å². The van der Waals surface area contributed by atoms with Crippen LogP contribution in [0.5, 0.6) is 0 Å². The van der Waals surface area contributed by atoms with Gasteiger partial charge in [0.1, 0.15) is 17.9 Å². The lowest BCUT2D eigenvalue weighted by Crippen LogP contribution is -2.56. The van der Waals surface area contributed by atoms with Crippen LogP contribution in [0, 0.1) is 11.3 Å². The third-order valence-electron chi connectivity index (χ3n) is 5.80. The first-order valence-corrected chi connectivity index (χ1v) is 9.58. The summed E-state index contributed by atoms with van der Waals surface area (Å²) in [6, 6.07) is -1.60. The van der Waals surface area contributed by atoms with Crippen molar-refractivity contribution in [1.82, 2.24) is 20.2 Å². The van der Waals surface area contributed by atoms with Gasteiger partial charge in [-0.3, -0.25) is 19.2 Å². The summed E-state index contributed by atoms with van der Waals surface area (Å²) in [7, 11) is 0. The molecule has 9 nitrogen and oxygen atoms in total. The Morgan fingerprint density at radius 1 is 1.43 bits per heavy atom. The average molecular weight is 389 g/mol. The van der Waals surface area contributed by atoms with Crippen LogP contribution in [0.1, 0.15) is 45.2 Å². The van der Waals surface area contributed by atoms with Gasteiger partial charge < -0.3 is 20.9 Å². The molecule has 1 saturated carbocycles. The van der Waals surface area contributed by atoms with Gasteiger partial charge in [-0.1, -0.05) is 13.8 Å². The average Bonchev–Trinajstić information content (AvgIpc) is 3.33. The third-order valence-corrected chi connectivity index (χ3v) is 5.80. The molecule has 2 fully saturated rings. The number of aromatic nitrogens is 2. The lowest BCUT2D eigenvalue weighted by molar-refractivity contribution is -0.142. The maximum atomic E-state index is 13.3. The molecule has 28 heavy (non-hydrogen) atoms. The number of ketones is 1. The van der Waals surface area contributed by atoms with Gasteiger partial charge in [0.05, 0.1) is 12.0 Å². The zero-order valence-corrected chi connectivity index (χ0v) is 16.2. The van der Waals surface area contributed by atoms with Crippen molar-refractivity contribution in [2.24, 2.45) is 17.1 Å². The zero-order chi connectivity index (χ0) is 20.5. The Bertz CT molecular complexity index is 773. The van der Waals surface area contributed by atoms with Crippen molar-refractivity contribution in [3.63, 3.8) is 0 Å². The number of rotatable bonds is 6. The normalized spacial score (nSPS) is 24.9. The minimum atomic E-state index is -0.873. The number of imidazole rings is 1. The number of primary amides is 1. The highest BCUT2D eigenvalue weighted by molar-refractivity contribution is 5.95. The molecule has 3 rings (SSSR count). The number of nitrogens with one attached hydrogen (secondary N) is 2. The number of Topliss-reactive ketones (excluding diaryl/α,β-unsaturated/α-hetero) is 1. The Kier molecular flexibility index (Phi) is 5.53. The predicted molar refractivity (Wildman–Crippen MR) is 99.7 cm³/mol. The highest BCUT2D eigenvalue weighted by Gasteiger charge is 2.47. The topological polar surface area (TPSA) is 138 Å². The fraction of sp³-hybridized carbons (Fsp3) is 0.632. The smallest absolute Gasteiger partial charge is 0.246 e. The summed E-state index contributed by atoms with van der Waals surface area (Å²) < 4.78 is 0. The van der Waals surface area contributed by atoms with Crippen LogP contribution < -0.4 is 11.1 Å². The predicted octanol–water partition coefficient (Wildman–Crippen LogP) is -0.0814. The molecule has 3 atom stereocenters. The molecule has 9 heteroatoms. The monoisotopic (exact) mass is 389 g/mol. The number of H-pyrrole nitrogens is 1. The van der Waals surface area contributed by atoms with Crippen LogP contribution in [0.15, 0.2) is 12.5 Å². The lowest BCUT2D eigenvalue weighted by atomic mass is 9.84. The van der Waals surface area contributed by atoms with E-state index >= 15 is 0 Å². The third kappa shape index (κ3) is 4.07. The van der Waals surface area contributed by atoms with Crippen LogP contribution in [-0.4, -0.2) is 57.0 Å². The molecule has 0 bridgehead atoms. The Balaban J connectivity index is 1.79. The lowest BCUT2D eigenvalue weighted by Gasteiger charge is -2.32. The summed E-state index contributed by atoms with van der Waals surface area (Å²) in [4.78, 5) is 57.9. The van der Waals surface area contributed by atoms with E-state index in [-0.39, 0.29) is 30.4 Å². The maximum Gasteiger partial charge on any atom is 0.246 e. The Morgan fingerprint density at radius 2 is 2.18 bits per heavy atom. The van der Waals surface area contributed by atoms with Crippen LogP contribution >= 0.6 is 0 Å². The van der Waals surface area contributed by atoms with E-state index in [9.17, 15) is 19.2 Å². The summed E-state index contributed by atoms with van der Waals surface area (Å²) in [5, 5.41) is 2.79. The van der Waals surface area contributed by atoms with Crippen LogP contribution in [0.25, 0.3) is 0 Å². The molecule has 0 spiro atoms. The summed E-state index contributed by atoms with van der Waals surface area (Å²) in [6.45, 7) is 4.20. The second-order valence-electron chi connectivity index (χ2n) is 8.38. The van der Waals surface area contributed by atoms with Gasteiger partial charge in [0.25, 0.3) is 0 Å². The van der Waals surface area contributed by atoms with Gasteiger partial charge in [-0.25, -0.2) is 4.98 Å². The van der Waals surface area contributed by atoms with Crippen molar-refractivity contribution >= 4 is 23.5 Å². The molecule has 1 saturated heterocycles. The zero-order valence-electron chi connectivity index (χ0n) is 16.2. The molecule has 4 N–H and O–H groups in total. The van der Waals surface area contributed by atoms with Crippen molar-refractivity contribution in [2.45, 2.75) is 58.0 Å². The number of carbonyl (C=O) groups is 4. The Labute approximate surface area is 163 Å². The van der Waals surface area contributed by atoms with E-state index in [1.807, 2.05) is 13.8 Å². The minimum Gasteiger partial charge on any atom is -0.368 e. The number of hydrogen-bond donors (Lipinski definition) is 3. The molecule has 1 aliphatic heterocycles. The number of likely N-dealkylation sites (tertiary alicyclic amines) is 1. The number of nitrogens with two attached hydrogens (primary N) is 1. The summed E-state index contributed by atoms with van der Waals surface area (Å²) in [6.07, 6.45) is 5.08. The van der Waals surface area contributed by atoms with Gasteiger partial charge >= 0.3 is 0 Å². The Morgan fingerprint density at radius 3 is 2.75 bits per heavy atom. The molecule has 3 amide bonds. The van der Waals surface area contributed by atoms with Gasteiger partial charge in [0.15, 0.2) is 0 Å². The summed E-state index contributed by atoms with van der Waals surface area (Å²) >= 11 is 0. The second-order valence-corrected chi connectivity index (χ2v) is 8.38. The molecule has 1 aliphatic carbocycles. The van der Waals surface area contributed by atoms with Crippen molar-refractivity contribution < 1.29 is 19.2 Å². The number of aromatic amines is 1. The van der Waals surface area contributed by atoms with Crippen molar-refractivity contribution in [1.29, 1.82) is 0 Å². The van der Waals surface area contributed by atoms with Crippen LogP contribution in [-0.2, 0) is 25.6 Å². The largest absolute Gasteiger partial charge is 0.368 e. The van der Waals surface area contributed by atoms with E-state index in [0.717, 1.165) is 0 Å². The van der Waals surface area contributed by atoms with Gasteiger partial charge in [-0.05, 0) is 18.3 Å². The summed E-state index contributed by atoms with van der Waals surface area (Å²) in [5.41, 5.74) is 5.77. The Hall–Kier alpha value is -2.71. The summed E-state index contributed by atoms with van der Waals surface area (Å²) in [5.74, 6) is -1.57. The molecule has 1 aromatic rings. The molecular weight excluding hydrogens is 362 g/mol. The van der Waals surface area contributed by atoms with Gasteiger partial charge in [-0.2, -0.15) is 0 Å². The molecule has 0 aromatic carbocycles. The second kappa shape index (κ2) is 7.73. The van der Waals surface area contributed by atoms with E-state index < -0.39 is 29.3 Å². The van der Waals surface area contributed by atoms with E-state index in [4.69, 9.17) is 5.73 Å². The van der Waals surface area contributed by atoms with Crippen LogP contribution in [0.3, 0.4) is 0 Å². The molecule has 1 unspecified atom stereocenters. The van der Waals surface area contributed by atoms with E-state index in [0.29, 0.717) is 31.5 Å². The fourth-order valence-electron chi connectivity index (χ4n) is 4.21. The first-order valence-electron chi connectivity index (χ1n) is 9.58. The highest BCUT2D eigenvalue weighted by Crippen LogP contribution is 2.36. The van der Waals surface area contributed by atoms with Crippen molar-refractivity contribution in [2.75, 3.05) is 6.54 Å². The minimum absolute atomic E-state index is 0.0606. The molecular formula is C19H27N5O4. The van der Waals surface area contributed by atoms with E-state index in [2.05, 4.69) is 15.3 Å². The van der Waals surface area contributed by atoms with Gasteiger partial charge in [0, 0.05) is 37.9 Å². The number of nitrogens with zero attached hydrogens (tertiary/aromatic N) is 2. The molecule has 0 radical (unpaired) electrons. The molecule has 152 valence electrons. The van der Waals surface area contributed by atoms with Gasteiger partial charge in [0.2, 0.25) is 17.7 Å². The standard InChI is InChI=1S/C19H27N5O4/c1-19(2)5-6-24(15(19)16(20)26)18(28)14(8-12-9-21-10-22-12)23-17(27)11-3-4-13(25)7-11/h9-11,14-15H,3-8H2,1-2H3,(H2,20,26)(H,21,22)(H,23,27)/t11-,14+,15?/m1/s1. The first kappa shape index (κ1) is 20.0.